The van der Waals surface area contributed by atoms with Crippen molar-refractivity contribution < 1.29 is 19.1 Å². The van der Waals surface area contributed by atoms with Gasteiger partial charge in [0, 0.05) is 18.6 Å². The average Bonchev–Trinajstić information content (AvgIpc) is 2.71. The van der Waals surface area contributed by atoms with E-state index >= 15 is 0 Å². The van der Waals surface area contributed by atoms with Crippen molar-refractivity contribution in [1.29, 1.82) is 0 Å². The summed E-state index contributed by atoms with van der Waals surface area (Å²) in [7, 11) is 0. The quantitative estimate of drug-likeness (QED) is 0.358. The molecule has 178 valence electrons. The maximum atomic E-state index is 12.0. The van der Waals surface area contributed by atoms with E-state index in [9.17, 15) is 9.59 Å². The second kappa shape index (κ2) is 12.2. The first-order chi connectivity index (χ1) is 15.1. The SMILES string of the molecule is CCNC(=NCc1cccc(OCC(N)=O)c1)NC1CCC(NC(=O)OC(C)(C)C)CC1. The minimum Gasteiger partial charge on any atom is -0.484 e. The Kier molecular flexibility index (Phi) is 9.61. The number of hydrogen-bond acceptors (Lipinski definition) is 5. The van der Waals surface area contributed by atoms with Crippen LogP contribution in [0.1, 0.15) is 58.9 Å². The van der Waals surface area contributed by atoms with E-state index in [0.29, 0.717) is 12.3 Å². The van der Waals surface area contributed by atoms with Crippen LogP contribution in [0.25, 0.3) is 0 Å². The molecule has 0 saturated heterocycles. The van der Waals surface area contributed by atoms with Gasteiger partial charge >= 0.3 is 6.09 Å². The van der Waals surface area contributed by atoms with Gasteiger partial charge in [-0.3, -0.25) is 4.79 Å². The first-order valence-corrected chi connectivity index (χ1v) is 11.2. The molecule has 0 atom stereocenters. The molecule has 1 aliphatic carbocycles. The van der Waals surface area contributed by atoms with E-state index in [-0.39, 0.29) is 24.8 Å². The van der Waals surface area contributed by atoms with Gasteiger partial charge in [0.25, 0.3) is 5.91 Å². The van der Waals surface area contributed by atoms with Gasteiger partial charge in [-0.25, -0.2) is 9.79 Å². The molecular weight excluding hydrogens is 410 g/mol. The summed E-state index contributed by atoms with van der Waals surface area (Å²) in [6.45, 7) is 8.68. The largest absolute Gasteiger partial charge is 0.484 e. The molecule has 32 heavy (non-hydrogen) atoms. The molecule has 0 heterocycles. The molecule has 1 saturated carbocycles. The van der Waals surface area contributed by atoms with Crippen LogP contribution in [0, 0.1) is 0 Å². The van der Waals surface area contributed by atoms with Gasteiger partial charge in [-0.2, -0.15) is 0 Å². The van der Waals surface area contributed by atoms with Crippen molar-refractivity contribution in [2.24, 2.45) is 10.7 Å². The van der Waals surface area contributed by atoms with Gasteiger partial charge in [-0.05, 0) is 71.1 Å². The van der Waals surface area contributed by atoms with Crippen molar-refractivity contribution in [3.05, 3.63) is 29.8 Å². The fourth-order valence-corrected chi connectivity index (χ4v) is 3.43. The topological polar surface area (TPSA) is 127 Å². The zero-order valence-corrected chi connectivity index (χ0v) is 19.6. The Morgan fingerprint density at radius 1 is 1.12 bits per heavy atom. The molecule has 2 rings (SSSR count). The van der Waals surface area contributed by atoms with Crippen LogP contribution in [-0.2, 0) is 16.1 Å². The Labute approximate surface area is 190 Å². The zero-order chi connectivity index (χ0) is 23.6. The van der Waals surface area contributed by atoms with Gasteiger partial charge in [0.05, 0.1) is 6.54 Å². The molecule has 1 fully saturated rings. The molecule has 1 aromatic carbocycles. The van der Waals surface area contributed by atoms with Gasteiger partial charge in [0.1, 0.15) is 11.4 Å². The van der Waals surface area contributed by atoms with Crippen LogP contribution < -0.4 is 26.4 Å². The van der Waals surface area contributed by atoms with Gasteiger partial charge in [0.15, 0.2) is 12.6 Å². The third-order valence-corrected chi connectivity index (χ3v) is 4.83. The van der Waals surface area contributed by atoms with E-state index in [1.165, 1.54) is 0 Å². The number of nitrogens with one attached hydrogen (secondary N) is 3. The molecule has 9 nitrogen and oxygen atoms in total. The molecule has 2 amide bonds. The lowest BCUT2D eigenvalue weighted by atomic mass is 9.91. The smallest absolute Gasteiger partial charge is 0.407 e. The van der Waals surface area contributed by atoms with Gasteiger partial charge < -0.3 is 31.2 Å². The van der Waals surface area contributed by atoms with Crippen molar-refractivity contribution in [1.82, 2.24) is 16.0 Å². The predicted octanol–water partition coefficient (Wildman–Crippen LogP) is 2.44. The van der Waals surface area contributed by atoms with Crippen LogP contribution in [0.15, 0.2) is 29.3 Å². The van der Waals surface area contributed by atoms with Gasteiger partial charge in [-0.1, -0.05) is 12.1 Å². The van der Waals surface area contributed by atoms with Gasteiger partial charge in [-0.15, -0.1) is 0 Å². The molecular formula is C23H37N5O4. The molecule has 0 spiro atoms. The van der Waals surface area contributed by atoms with E-state index in [1.54, 1.807) is 6.07 Å². The van der Waals surface area contributed by atoms with E-state index in [2.05, 4.69) is 20.9 Å². The highest BCUT2D eigenvalue weighted by atomic mass is 16.6. The maximum Gasteiger partial charge on any atom is 0.407 e. The minimum absolute atomic E-state index is 0.130. The number of ether oxygens (including phenoxy) is 2. The second-order valence-corrected chi connectivity index (χ2v) is 8.94. The Hall–Kier alpha value is -2.97. The van der Waals surface area contributed by atoms with Crippen molar-refractivity contribution in [2.45, 2.75) is 77.6 Å². The fraction of sp³-hybridized carbons (Fsp3) is 0.609. The number of primary amides is 1. The molecule has 0 bridgehead atoms. The highest BCUT2D eigenvalue weighted by molar-refractivity contribution is 5.80. The summed E-state index contributed by atoms with van der Waals surface area (Å²) >= 11 is 0. The first-order valence-electron chi connectivity index (χ1n) is 11.2. The standard InChI is InChI=1S/C23H37N5O4/c1-5-25-21(26-14-16-7-6-8-19(13-16)31-15-20(24)29)27-17-9-11-18(12-10-17)28-22(30)32-23(2,3)4/h6-8,13,17-18H,5,9-12,14-15H2,1-4H3,(H2,24,29)(H,28,30)(H2,25,26,27). The third-order valence-electron chi connectivity index (χ3n) is 4.83. The third kappa shape index (κ3) is 9.89. The van der Waals surface area contributed by atoms with E-state index < -0.39 is 11.5 Å². The number of nitrogens with two attached hydrogens (primary N) is 1. The van der Waals surface area contributed by atoms with Crippen molar-refractivity contribution in [3.8, 4) is 5.75 Å². The average molecular weight is 448 g/mol. The predicted molar refractivity (Wildman–Crippen MR) is 124 cm³/mol. The van der Waals surface area contributed by atoms with Crippen LogP contribution in [0.5, 0.6) is 5.75 Å². The van der Waals surface area contributed by atoms with E-state index in [4.69, 9.17) is 15.2 Å². The minimum atomic E-state index is -0.511. The number of nitrogens with zero attached hydrogens (tertiary/aromatic N) is 1. The summed E-state index contributed by atoms with van der Waals surface area (Å²) in [5.74, 6) is 0.827. The number of amides is 2. The fourth-order valence-electron chi connectivity index (χ4n) is 3.43. The van der Waals surface area contributed by atoms with Crippen LogP contribution in [0.4, 0.5) is 4.79 Å². The van der Waals surface area contributed by atoms with E-state index in [0.717, 1.165) is 43.8 Å². The molecule has 1 aliphatic rings. The normalized spacial score (nSPS) is 19.1. The highest BCUT2D eigenvalue weighted by Gasteiger charge is 2.25. The molecule has 9 heteroatoms. The monoisotopic (exact) mass is 447 g/mol. The maximum absolute atomic E-state index is 12.0. The van der Waals surface area contributed by atoms with Crippen LogP contribution >= 0.6 is 0 Å². The summed E-state index contributed by atoms with van der Waals surface area (Å²) in [6.07, 6.45) is 3.28. The number of alkyl carbamates (subject to hydrolysis) is 1. The number of aliphatic imine (C=N–C) groups is 1. The summed E-state index contributed by atoms with van der Waals surface area (Å²) < 4.78 is 10.7. The Bertz CT molecular complexity index is 783. The molecule has 1 aromatic rings. The molecule has 0 aliphatic heterocycles. The van der Waals surface area contributed by atoms with Crippen molar-refractivity contribution in [3.63, 3.8) is 0 Å². The summed E-state index contributed by atoms with van der Waals surface area (Å²) in [5.41, 5.74) is 5.60. The Balaban J connectivity index is 1.85. The zero-order valence-electron chi connectivity index (χ0n) is 19.6. The molecule has 5 N–H and O–H groups in total. The summed E-state index contributed by atoms with van der Waals surface area (Å²) in [4.78, 5) is 27.6. The highest BCUT2D eigenvalue weighted by Crippen LogP contribution is 2.19. The number of carbonyl (C=O) groups excluding carboxylic acids is 2. The Morgan fingerprint density at radius 3 is 2.38 bits per heavy atom. The lowest BCUT2D eigenvalue weighted by Gasteiger charge is -2.31. The molecule has 0 unspecified atom stereocenters. The van der Waals surface area contributed by atoms with Crippen LogP contribution in [0.2, 0.25) is 0 Å². The van der Waals surface area contributed by atoms with Crippen molar-refractivity contribution in [2.75, 3.05) is 13.2 Å². The first kappa shape index (κ1) is 25.3. The number of guanidine groups is 1. The second-order valence-electron chi connectivity index (χ2n) is 8.94. The van der Waals surface area contributed by atoms with Crippen LogP contribution in [0.3, 0.4) is 0 Å². The van der Waals surface area contributed by atoms with Gasteiger partial charge in [0.2, 0.25) is 0 Å². The number of rotatable bonds is 8. The summed E-state index contributed by atoms with van der Waals surface area (Å²) in [6, 6.07) is 7.87. The Morgan fingerprint density at radius 2 is 1.78 bits per heavy atom. The van der Waals surface area contributed by atoms with Crippen LogP contribution in [-0.4, -0.2) is 48.8 Å². The number of benzene rings is 1. The lowest BCUT2D eigenvalue weighted by Crippen LogP contribution is -2.48. The molecule has 0 aromatic heterocycles. The molecule has 0 radical (unpaired) electrons. The van der Waals surface area contributed by atoms with Crippen molar-refractivity contribution >= 4 is 18.0 Å². The van der Waals surface area contributed by atoms with E-state index in [1.807, 2.05) is 45.9 Å². The lowest BCUT2D eigenvalue weighted by molar-refractivity contribution is -0.119. The number of carbonyl (C=O) groups is 2. The number of hydrogen-bond donors (Lipinski definition) is 4. The summed E-state index contributed by atoms with van der Waals surface area (Å²) in [5, 5.41) is 9.75.